The number of rotatable bonds is 1. The molecule has 0 aliphatic carbocycles. The summed E-state index contributed by atoms with van der Waals surface area (Å²) in [4.78, 5) is 27.8. The van der Waals surface area contributed by atoms with Crippen molar-refractivity contribution in [2.75, 3.05) is 5.32 Å². The Morgan fingerprint density at radius 3 is 2.94 bits per heavy atom. The number of anilines is 1. The lowest BCUT2D eigenvalue weighted by molar-refractivity contribution is 0.439. The van der Waals surface area contributed by atoms with Crippen LogP contribution in [-0.2, 0) is 0 Å². The molecule has 1 unspecified atom stereocenters. The second kappa shape index (κ2) is 3.51. The van der Waals surface area contributed by atoms with E-state index in [0.29, 0.717) is 0 Å². The van der Waals surface area contributed by atoms with Gasteiger partial charge in [-0.3, -0.25) is 14.8 Å². The molecule has 1 aliphatic rings. The maximum Gasteiger partial charge on any atom is 0.328 e. The van der Waals surface area contributed by atoms with Gasteiger partial charge in [0.25, 0.3) is 11.5 Å². The Morgan fingerprint density at radius 1 is 1.33 bits per heavy atom. The van der Waals surface area contributed by atoms with Crippen LogP contribution in [-0.4, -0.2) is 41.6 Å². The summed E-state index contributed by atoms with van der Waals surface area (Å²) in [6.07, 6.45) is 1.33. The number of aromatic nitrogens is 6. The van der Waals surface area contributed by atoms with Gasteiger partial charge in [-0.1, -0.05) is 9.89 Å². The number of aromatic hydroxyl groups is 1. The van der Waals surface area contributed by atoms with Crippen molar-refractivity contribution in [2.24, 2.45) is 5.10 Å². The van der Waals surface area contributed by atoms with E-state index in [4.69, 9.17) is 0 Å². The van der Waals surface area contributed by atoms with Crippen LogP contribution in [0, 0.1) is 0 Å². The highest BCUT2D eigenvalue weighted by Gasteiger charge is 2.24. The molecule has 0 saturated carbocycles. The molecule has 18 heavy (non-hydrogen) atoms. The molecule has 2 aromatic rings. The molecule has 0 aromatic carbocycles. The van der Waals surface area contributed by atoms with Crippen molar-refractivity contribution < 1.29 is 5.11 Å². The normalized spacial score (nSPS) is 17.2. The van der Waals surface area contributed by atoms with E-state index in [0.717, 1.165) is 4.79 Å². The van der Waals surface area contributed by atoms with Crippen molar-refractivity contribution >= 4 is 12.2 Å². The standard InChI is InChI=1S/C7H6N8O3/c16-4-3(5(17)11-7(18)10-4)2-1-8-15-6(9-2)12-13-14-15/h1-2H,(H,9,12,14)(H3,10,11,16,17,18). The Balaban J connectivity index is 2.08. The zero-order chi connectivity index (χ0) is 12.7. The van der Waals surface area contributed by atoms with Crippen LogP contribution in [0.15, 0.2) is 14.7 Å². The van der Waals surface area contributed by atoms with Crippen LogP contribution in [0.4, 0.5) is 5.95 Å². The van der Waals surface area contributed by atoms with Crippen LogP contribution in [0.1, 0.15) is 11.6 Å². The number of hydrogen-bond acceptors (Lipinski definition) is 8. The second-order valence-corrected chi connectivity index (χ2v) is 3.45. The average Bonchev–Trinajstić information content (AvgIpc) is 2.74. The number of nitrogens with zero attached hydrogens (tertiary/aromatic N) is 5. The van der Waals surface area contributed by atoms with E-state index in [-0.39, 0.29) is 11.5 Å². The summed E-state index contributed by atoms with van der Waals surface area (Å²) in [5.74, 6) is -0.318. The molecule has 0 bridgehead atoms. The quantitative estimate of drug-likeness (QED) is 0.446. The van der Waals surface area contributed by atoms with Gasteiger partial charge in [-0.15, -0.1) is 0 Å². The molecule has 4 N–H and O–H groups in total. The van der Waals surface area contributed by atoms with Crippen LogP contribution in [0.3, 0.4) is 0 Å². The molecule has 11 nitrogen and oxygen atoms in total. The topological polar surface area (TPSA) is 154 Å². The number of fused-ring (bicyclic) bond motifs is 1. The molecule has 3 heterocycles. The summed E-state index contributed by atoms with van der Waals surface area (Å²) in [5.41, 5.74) is -1.59. The number of hydrogen-bond donors (Lipinski definition) is 4. The van der Waals surface area contributed by atoms with Gasteiger partial charge in [-0.05, 0) is 10.4 Å². The van der Waals surface area contributed by atoms with Crippen LogP contribution in [0.5, 0.6) is 5.88 Å². The maximum absolute atomic E-state index is 11.6. The Morgan fingerprint density at radius 2 is 2.17 bits per heavy atom. The van der Waals surface area contributed by atoms with Crippen molar-refractivity contribution in [3.8, 4) is 5.88 Å². The molecule has 2 aromatic heterocycles. The molecule has 0 radical (unpaired) electrons. The van der Waals surface area contributed by atoms with Gasteiger partial charge in [0, 0.05) is 0 Å². The lowest BCUT2D eigenvalue weighted by atomic mass is 10.1. The van der Waals surface area contributed by atoms with Crippen molar-refractivity contribution in [3.05, 3.63) is 26.4 Å². The third-order valence-corrected chi connectivity index (χ3v) is 2.33. The largest absolute Gasteiger partial charge is 0.494 e. The van der Waals surface area contributed by atoms with Crippen LogP contribution in [0.2, 0.25) is 0 Å². The summed E-state index contributed by atoms with van der Waals surface area (Å²) in [7, 11) is 0. The first kappa shape index (κ1) is 10.2. The summed E-state index contributed by atoms with van der Waals surface area (Å²) in [6.45, 7) is 0. The third-order valence-electron chi connectivity index (χ3n) is 2.33. The fourth-order valence-electron chi connectivity index (χ4n) is 1.57. The maximum atomic E-state index is 11.6. The van der Waals surface area contributed by atoms with Gasteiger partial charge >= 0.3 is 5.69 Å². The molecule has 3 rings (SSSR count). The molecular weight excluding hydrogens is 244 g/mol. The lowest BCUT2D eigenvalue weighted by Gasteiger charge is -2.17. The van der Waals surface area contributed by atoms with Crippen LogP contribution < -0.4 is 16.6 Å². The van der Waals surface area contributed by atoms with Crippen molar-refractivity contribution in [3.63, 3.8) is 0 Å². The minimum absolute atomic E-state index is 0.0763. The Labute approximate surface area is 97.2 Å². The van der Waals surface area contributed by atoms with Crippen molar-refractivity contribution in [1.82, 2.24) is 30.3 Å². The van der Waals surface area contributed by atoms with Gasteiger partial charge in [-0.2, -0.15) is 5.10 Å². The fraction of sp³-hybridized carbons (Fsp3) is 0.143. The predicted octanol–water partition coefficient (Wildman–Crippen LogP) is -2.24. The van der Waals surface area contributed by atoms with E-state index in [9.17, 15) is 14.7 Å². The highest BCUT2D eigenvalue weighted by molar-refractivity contribution is 5.73. The monoisotopic (exact) mass is 250 g/mol. The molecule has 1 aliphatic heterocycles. The lowest BCUT2D eigenvalue weighted by Crippen LogP contribution is -2.31. The number of H-pyrrole nitrogens is 2. The first-order valence-corrected chi connectivity index (χ1v) is 4.80. The summed E-state index contributed by atoms with van der Waals surface area (Å²) < 4.78 is 0. The summed E-state index contributed by atoms with van der Waals surface area (Å²) in [6, 6.07) is -0.746. The van der Waals surface area contributed by atoms with E-state index in [1.54, 1.807) is 0 Å². The summed E-state index contributed by atoms with van der Waals surface area (Å²) >= 11 is 0. The first-order valence-electron chi connectivity index (χ1n) is 4.80. The molecule has 92 valence electrons. The SMILES string of the molecule is O=c1[nH]c(O)c(C2C=Nn3nnnc3N2)c(=O)[nH]1. The minimum Gasteiger partial charge on any atom is -0.494 e. The van der Waals surface area contributed by atoms with Gasteiger partial charge in [0.2, 0.25) is 5.88 Å². The summed E-state index contributed by atoms with van der Waals surface area (Å²) in [5, 5.41) is 26.7. The second-order valence-electron chi connectivity index (χ2n) is 3.45. The molecule has 0 saturated heterocycles. The minimum atomic E-state index is -0.793. The van der Waals surface area contributed by atoms with Crippen molar-refractivity contribution in [2.45, 2.75) is 6.04 Å². The van der Waals surface area contributed by atoms with Gasteiger partial charge in [0.1, 0.15) is 11.6 Å². The zero-order valence-corrected chi connectivity index (χ0v) is 8.65. The zero-order valence-electron chi connectivity index (χ0n) is 8.65. The molecule has 0 fully saturated rings. The van der Waals surface area contributed by atoms with Crippen LogP contribution in [0.25, 0.3) is 0 Å². The smallest absolute Gasteiger partial charge is 0.328 e. The van der Waals surface area contributed by atoms with E-state index in [1.165, 1.54) is 6.21 Å². The van der Waals surface area contributed by atoms with Gasteiger partial charge in [0.05, 0.1) is 6.21 Å². The first-order chi connectivity index (χ1) is 8.65. The Hall–Kier alpha value is -2.98. The number of aromatic amines is 2. The van der Waals surface area contributed by atoms with Gasteiger partial charge in [-0.25, -0.2) is 4.79 Å². The average molecular weight is 250 g/mol. The van der Waals surface area contributed by atoms with E-state index in [2.05, 4.69) is 30.9 Å². The molecule has 0 spiro atoms. The highest BCUT2D eigenvalue weighted by Crippen LogP contribution is 2.21. The predicted molar refractivity (Wildman–Crippen MR) is 57.4 cm³/mol. The van der Waals surface area contributed by atoms with E-state index >= 15 is 0 Å². The molecule has 1 atom stereocenters. The molecular formula is C7H6N8O3. The number of tetrazole rings is 1. The van der Waals surface area contributed by atoms with Gasteiger partial charge in [0.15, 0.2) is 0 Å². The fourth-order valence-corrected chi connectivity index (χ4v) is 1.57. The Kier molecular flexibility index (Phi) is 1.99. The van der Waals surface area contributed by atoms with Crippen LogP contribution >= 0.6 is 0 Å². The van der Waals surface area contributed by atoms with E-state index in [1.807, 2.05) is 4.98 Å². The third kappa shape index (κ3) is 1.45. The number of nitrogens with one attached hydrogen (secondary N) is 3. The molecule has 0 amide bonds. The highest BCUT2D eigenvalue weighted by atomic mass is 16.3. The van der Waals surface area contributed by atoms with E-state index < -0.39 is 23.2 Å². The Bertz CT molecular complexity index is 740. The van der Waals surface area contributed by atoms with Gasteiger partial charge < -0.3 is 10.4 Å². The van der Waals surface area contributed by atoms with Crippen molar-refractivity contribution in [1.29, 1.82) is 0 Å². The molecule has 11 heteroatoms.